The second-order valence-electron chi connectivity index (χ2n) is 3.23. The molecule has 0 aliphatic carbocycles. The van der Waals surface area contributed by atoms with E-state index in [2.05, 4.69) is 5.32 Å². The van der Waals surface area contributed by atoms with Crippen LogP contribution in [0.1, 0.15) is 15.9 Å². The van der Waals surface area contributed by atoms with Gasteiger partial charge in [0.1, 0.15) is 0 Å². The zero-order valence-electron chi connectivity index (χ0n) is 8.54. The third-order valence-corrected chi connectivity index (χ3v) is 1.88. The first-order valence-corrected chi connectivity index (χ1v) is 4.54. The third-order valence-electron chi connectivity index (χ3n) is 1.88. The molecule has 92 valence electrons. The largest absolute Gasteiger partial charge is 0.416 e. The highest BCUT2D eigenvalue weighted by atomic mass is 19.4. The monoisotopic (exact) mass is 246 g/mol. The number of carbonyl (C=O) groups is 2. The van der Waals surface area contributed by atoms with Crippen molar-refractivity contribution in [2.45, 2.75) is 6.18 Å². The Kier molecular flexibility index (Phi) is 3.72. The van der Waals surface area contributed by atoms with Crippen molar-refractivity contribution in [2.75, 3.05) is 6.54 Å². The van der Waals surface area contributed by atoms with E-state index >= 15 is 0 Å². The number of benzene rings is 1. The SMILES string of the molecule is NC(=O)CNC(=O)c1cccc(C(F)(F)F)c1. The summed E-state index contributed by atoms with van der Waals surface area (Å²) in [4.78, 5) is 21.7. The lowest BCUT2D eigenvalue weighted by Gasteiger charge is -2.08. The molecule has 3 N–H and O–H groups in total. The summed E-state index contributed by atoms with van der Waals surface area (Å²) >= 11 is 0. The first-order valence-electron chi connectivity index (χ1n) is 4.54. The molecule has 0 aliphatic rings. The van der Waals surface area contributed by atoms with Gasteiger partial charge in [0.05, 0.1) is 12.1 Å². The van der Waals surface area contributed by atoms with E-state index in [0.29, 0.717) is 6.07 Å². The van der Waals surface area contributed by atoms with Crippen molar-refractivity contribution in [1.29, 1.82) is 0 Å². The van der Waals surface area contributed by atoms with Crippen molar-refractivity contribution < 1.29 is 22.8 Å². The van der Waals surface area contributed by atoms with Gasteiger partial charge in [-0.15, -0.1) is 0 Å². The minimum atomic E-state index is -4.51. The Bertz CT molecular complexity index is 443. The number of rotatable bonds is 3. The summed E-state index contributed by atoms with van der Waals surface area (Å²) in [5.41, 5.74) is 3.68. The van der Waals surface area contributed by atoms with Gasteiger partial charge in [0.2, 0.25) is 5.91 Å². The van der Waals surface area contributed by atoms with Gasteiger partial charge in [-0.1, -0.05) is 6.07 Å². The first-order chi connectivity index (χ1) is 7.80. The second-order valence-corrected chi connectivity index (χ2v) is 3.23. The van der Waals surface area contributed by atoms with Crippen molar-refractivity contribution in [2.24, 2.45) is 5.73 Å². The smallest absolute Gasteiger partial charge is 0.368 e. The molecular weight excluding hydrogens is 237 g/mol. The summed E-state index contributed by atoms with van der Waals surface area (Å²) in [6, 6.07) is 3.88. The number of nitrogens with two attached hydrogens (primary N) is 1. The third kappa shape index (κ3) is 3.78. The van der Waals surface area contributed by atoms with Crippen molar-refractivity contribution in [3.05, 3.63) is 35.4 Å². The average Bonchev–Trinajstić information content (AvgIpc) is 2.25. The summed E-state index contributed by atoms with van der Waals surface area (Å²) < 4.78 is 37.0. The molecule has 1 rings (SSSR count). The molecule has 1 aromatic carbocycles. The summed E-state index contributed by atoms with van der Waals surface area (Å²) in [5.74, 6) is -1.56. The molecule has 0 fully saturated rings. The molecule has 0 spiro atoms. The molecule has 0 unspecified atom stereocenters. The van der Waals surface area contributed by atoms with Crippen molar-refractivity contribution in [3.63, 3.8) is 0 Å². The molecule has 0 radical (unpaired) electrons. The molecule has 4 nitrogen and oxygen atoms in total. The van der Waals surface area contributed by atoms with Crippen LogP contribution >= 0.6 is 0 Å². The van der Waals surface area contributed by atoms with Crippen LogP contribution < -0.4 is 11.1 Å². The van der Waals surface area contributed by atoms with Crippen LogP contribution in [0, 0.1) is 0 Å². The second kappa shape index (κ2) is 4.86. The van der Waals surface area contributed by atoms with Gasteiger partial charge in [-0.05, 0) is 18.2 Å². The predicted molar refractivity (Wildman–Crippen MR) is 53.0 cm³/mol. The lowest BCUT2D eigenvalue weighted by atomic mass is 10.1. The zero-order valence-corrected chi connectivity index (χ0v) is 8.54. The van der Waals surface area contributed by atoms with Crippen molar-refractivity contribution in [1.82, 2.24) is 5.32 Å². The van der Waals surface area contributed by atoms with E-state index in [0.717, 1.165) is 12.1 Å². The number of nitrogens with one attached hydrogen (secondary N) is 1. The standard InChI is InChI=1S/C10H9F3N2O2/c11-10(12,13)7-3-1-2-6(4-7)9(17)15-5-8(14)16/h1-4H,5H2,(H2,14,16)(H,15,17). The Morgan fingerprint density at radius 2 is 1.94 bits per heavy atom. The fourth-order valence-electron chi connectivity index (χ4n) is 1.11. The van der Waals surface area contributed by atoms with E-state index in [1.807, 2.05) is 0 Å². The molecule has 7 heteroatoms. The maximum atomic E-state index is 12.3. The Morgan fingerprint density at radius 1 is 1.29 bits per heavy atom. The van der Waals surface area contributed by atoms with E-state index in [-0.39, 0.29) is 5.56 Å². The summed E-state index contributed by atoms with van der Waals surface area (Å²) in [6.45, 7) is -0.422. The Balaban J connectivity index is 2.85. The van der Waals surface area contributed by atoms with Gasteiger partial charge in [-0.3, -0.25) is 9.59 Å². The molecule has 0 aliphatic heterocycles. The van der Waals surface area contributed by atoms with E-state index in [9.17, 15) is 22.8 Å². The van der Waals surface area contributed by atoms with Crippen molar-refractivity contribution in [3.8, 4) is 0 Å². The number of hydrogen-bond acceptors (Lipinski definition) is 2. The number of alkyl halides is 3. The quantitative estimate of drug-likeness (QED) is 0.832. The number of primary amides is 1. The molecule has 0 heterocycles. The fraction of sp³-hybridized carbons (Fsp3) is 0.200. The molecule has 0 saturated heterocycles. The van der Waals surface area contributed by atoms with Crippen LogP contribution in [0.3, 0.4) is 0 Å². The Hall–Kier alpha value is -2.05. The highest BCUT2D eigenvalue weighted by Crippen LogP contribution is 2.29. The van der Waals surface area contributed by atoms with E-state index in [4.69, 9.17) is 5.73 Å². The number of amides is 2. The van der Waals surface area contributed by atoms with Gasteiger partial charge >= 0.3 is 6.18 Å². The molecule has 1 aromatic rings. The normalized spacial score (nSPS) is 11.0. The van der Waals surface area contributed by atoms with Gasteiger partial charge < -0.3 is 11.1 Å². The van der Waals surface area contributed by atoms with Crippen LogP contribution in [0.4, 0.5) is 13.2 Å². The lowest BCUT2D eigenvalue weighted by Crippen LogP contribution is -2.33. The summed E-state index contributed by atoms with van der Waals surface area (Å²) in [5, 5.41) is 2.10. The molecule has 2 amide bonds. The first kappa shape index (κ1) is 13.0. The van der Waals surface area contributed by atoms with Gasteiger partial charge in [0, 0.05) is 5.56 Å². The maximum Gasteiger partial charge on any atom is 0.416 e. The van der Waals surface area contributed by atoms with Gasteiger partial charge in [-0.25, -0.2) is 0 Å². The van der Waals surface area contributed by atoms with E-state index in [1.165, 1.54) is 6.07 Å². The van der Waals surface area contributed by atoms with E-state index in [1.54, 1.807) is 0 Å². The van der Waals surface area contributed by atoms with Crippen LogP contribution in [0.15, 0.2) is 24.3 Å². The zero-order chi connectivity index (χ0) is 13.1. The van der Waals surface area contributed by atoms with E-state index < -0.39 is 30.1 Å². The topological polar surface area (TPSA) is 72.2 Å². The van der Waals surface area contributed by atoms with Crippen LogP contribution in [0.5, 0.6) is 0 Å². The van der Waals surface area contributed by atoms with Crippen LogP contribution in [0.2, 0.25) is 0 Å². The van der Waals surface area contributed by atoms with Crippen LogP contribution in [-0.2, 0) is 11.0 Å². The maximum absolute atomic E-state index is 12.3. The average molecular weight is 246 g/mol. The highest BCUT2D eigenvalue weighted by molar-refractivity contribution is 5.96. The van der Waals surface area contributed by atoms with Crippen LogP contribution in [-0.4, -0.2) is 18.4 Å². The predicted octanol–water partition coefficient (Wildman–Crippen LogP) is 0.920. The molecular formula is C10H9F3N2O2. The lowest BCUT2D eigenvalue weighted by molar-refractivity contribution is -0.137. The van der Waals surface area contributed by atoms with Gasteiger partial charge in [-0.2, -0.15) is 13.2 Å². The molecule has 0 atom stereocenters. The minimum absolute atomic E-state index is 0.180. The molecule has 0 saturated carbocycles. The number of hydrogen-bond donors (Lipinski definition) is 2. The highest BCUT2D eigenvalue weighted by Gasteiger charge is 2.30. The molecule has 17 heavy (non-hydrogen) atoms. The van der Waals surface area contributed by atoms with Gasteiger partial charge in [0.25, 0.3) is 5.91 Å². The van der Waals surface area contributed by atoms with Gasteiger partial charge in [0.15, 0.2) is 0 Å². The molecule has 0 aromatic heterocycles. The number of halogens is 3. The number of carbonyl (C=O) groups excluding carboxylic acids is 2. The van der Waals surface area contributed by atoms with Crippen molar-refractivity contribution >= 4 is 11.8 Å². The van der Waals surface area contributed by atoms with Crippen LogP contribution in [0.25, 0.3) is 0 Å². The summed E-state index contributed by atoms with van der Waals surface area (Å²) in [6.07, 6.45) is -4.51. The fourth-order valence-corrected chi connectivity index (χ4v) is 1.11. The minimum Gasteiger partial charge on any atom is -0.368 e. The Labute approximate surface area is 94.6 Å². The Morgan fingerprint density at radius 3 is 2.47 bits per heavy atom. The summed E-state index contributed by atoms with van der Waals surface area (Å²) in [7, 11) is 0. The molecule has 0 bridgehead atoms.